The number of aliphatic carboxylic acids is 1. The zero-order valence-electron chi connectivity index (χ0n) is 8.28. The Kier molecular flexibility index (Phi) is 3.42. The lowest BCUT2D eigenvalue weighted by atomic mass is 10.1. The Morgan fingerprint density at radius 1 is 1.57 bits per heavy atom. The molecule has 0 aliphatic heterocycles. The zero-order valence-corrected chi connectivity index (χ0v) is 9.10. The molecule has 1 fully saturated rings. The van der Waals surface area contributed by atoms with Crippen molar-refractivity contribution in [1.29, 1.82) is 0 Å². The van der Waals surface area contributed by atoms with E-state index in [1.54, 1.807) is 6.92 Å². The van der Waals surface area contributed by atoms with Crippen LogP contribution in [0, 0.1) is 5.92 Å². The van der Waals surface area contributed by atoms with Crippen LogP contribution in [0.1, 0.15) is 19.8 Å². The fourth-order valence-electron chi connectivity index (χ4n) is 1.26. The third-order valence-corrected chi connectivity index (χ3v) is 3.99. The van der Waals surface area contributed by atoms with Gasteiger partial charge in [-0.05, 0) is 25.7 Å². The van der Waals surface area contributed by atoms with E-state index in [1.807, 2.05) is 0 Å². The van der Waals surface area contributed by atoms with Crippen LogP contribution in [-0.4, -0.2) is 34.7 Å². The Morgan fingerprint density at radius 3 is 2.50 bits per heavy atom. The van der Waals surface area contributed by atoms with E-state index in [-0.39, 0.29) is 17.6 Å². The molecule has 0 saturated heterocycles. The highest BCUT2D eigenvalue weighted by molar-refractivity contribution is 8.02. The van der Waals surface area contributed by atoms with Crippen LogP contribution < -0.4 is 0 Å². The van der Waals surface area contributed by atoms with E-state index in [2.05, 4.69) is 4.74 Å². The van der Waals surface area contributed by atoms with Gasteiger partial charge >= 0.3 is 11.9 Å². The smallest absolute Gasteiger partial charge is 0.319 e. The predicted molar refractivity (Wildman–Crippen MR) is 53.2 cm³/mol. The maximum atomic E-state index is 11.0. The maximum Gasteiger partial charge on any atom is 0.319 e. The van der Waals surface area contributed by atoms with Crippen LogP contribution in [0.4, 0.5) is 0 Å². The Balaban J connectivity index is 2.52. The first kappa shape index (κ1) is 11.4. The van der Waals surface area contributed by atoms with Gasteiger partial charge in [-0.15, -0.1) is 11.8 Å². The fourth-order valence-corrected chi connectivity index (χ4v) is 2.39. The first-order chi connectivity index (χ1) is 6.50. The third-order valence-electron chi connectivity index (χ3n) is 2.50. The van der Waals surface area contributed by atoms with Crippen LogP contribution in [-0.2, 0) is 14.3 Å². The largest absolute Gasteiger partial charge is 0.480 e. The highest BCUT2D eigenvalue weighted by atomic mass is 32.2. The van der Waals surface area contributed by atoms with Crippen molar-refractivity contribution < 1.29 is 19.4 Å². The first-order valence-electron chi connectivity index (χ1n) is 4.45. The minimum Gasteiger partial charge on any atom is -0.480 e. The van der Waals surface area contributed by atoms with Gasteiger partial charge in [0, 0.05) is 0 Å². The molecule has 0 radical (unpaired) electrons. The Bertz CT molecular complexity index is 249. The molecule has 1 aliphatic rings. The fraction of sp³-hybridized carbons (Fsp3) is 0.778. The minimum absolute atomic E-state index is 0.107. The predicted octanol–water partition coefficient (Wildman–Crippen LogP) is 1.15. The summed E-state index contributed by atoms with van der Waals surface area (Å²) in [7, 11) is 1.30. The lowest BCUT2D eigenvalue weighted by molar-refractivity contribution is -0.139. The van der Waals surface area contributed by atoms with Crippen LogP contribution in [0.3, 0.4) is 0 Å². The Morgan fingerprint density at radius 2 is 2.14 bits per heavy atom. The summed E-state index contributed by atoms with van der Waals surface area (Å²) < 4.78 is 3.65. The summed E-state index contributed by atoms with van der Waals surface area (Å²) in [4.78, 5) is 21.9. The third kappa shape index (κ3) is 2.41. The monoisotopic (exact) mass is 218 g/mol. The number of carbonyl (C=O) groups is 2. The summed E-state index contributed by atoms with van der Waals surface area (Å²) in [5, 5.41) is 9.06. The van der Waals surface area contributed by atoms with Crippen LogP contribution in [0.5, 0.6) is 0 Å². The van der Waals surface area contributed by atoms with Gasteiger partial charge in [-0.25, -0.2) is 0 Å². The van der Waals surface area contributed by atoms with Crippen molar-refractivity contribution in [2.24, 2.45) is 5.92 Å². The van der Waals surface area contributed by atoms with Crippen LogP contribution in [0.2, 0.25) is 0 Å². The van der Waals surface area contributed by atoms with E-state index in [0.29, 0.717) is 0 Å². The molecule has 0 amide bonds. The molecule has 0 aromatic rings. The second-order valence-corrected chi connectivity index (χ2v) is 4.98. The second kappa shape index (κ2) is 4.21. The quantitative estimate of drug-likeness (QED) is 0.701. The molecule has 0 bridgehead atoms. The molecule has 5 heteroatoms. The molecular formula is C9H14O4S. The molecule has 4 nitrogen and oxygen atoms in total. The number of hydrogen-bond acceptors (Lipinski definition) is 4. The standard InChI is InChI=1S/C9H14O4S/c1-9(8(11)12,6-3-4-6)14-5-7(10)13-2/h6H,3-5H2,1-2H3,(H,11,12). The van der Waals surface area contributed by atoms with Gasteiger partial charge in [0.25, 0.3) is 0 Å². The zero-order chi connectivity index (χ0) is 10.8. The molecule has 0 spiro atoms. The molecule has 1 N–H and O–H groups in total. The van der Waals surface area contributed by atoms with Gasteiger partial charge in [0.1, 0.15) is 4.75 Å². The Labute approximate surface area is 87.0 Å². The van der Waals surface area contributed by atoms with Crippen molar-refractivity contribution in [3.05, 3.63) is 0 Å². The van der Waals surface area contributed by atoms with Gasteiger partial charge in [-0.2, -0.15) is 0 Å². The van der Waals surface area contributed by atoms with E-state index in [9.17, 15) is 9.59 Å². The van der Waals surface area contributed by atoms with Gasteiger partial charge in [-0.3, -0.25) is 9.59 Å². The number of carboxylic acid groups (broad SMARTS) is 1. The first-order valence-corrected chi connectivity index (χ1v) is 5.43. The van der Waals surface area contributed by atoms with Crippen molar-refractivity contribution in [2.75, 3.05) is 12.9 Å². The van der Waals surface area contributed by atoms with E-state index >= 15 is 0 Å². The van der Waals surface area contributed by atoms with E-state index in [1.165, 1.54) is 7.11 Å². The second-order valence-electron chi connectivity index (χ2n) is 3.55. The summed E-state index contributed by atoms with van der Waals surface area (Å²) in [6.07, 6.45) is 1.88. The molecule has 0 aromatic carbocycles. The van der Waals surface area contributed by atoms with Crippen LogP contribution >= 0.6 is 11.8 Å². The molecular weight excluding hydrogens is 204 g/mol. The number of thioether (sulfide) groups is 1. The number of ether oxygens (including phenoxy) is 1. The van der Waals surface area contributed by atoms with Crippen molar-refractivity contribution in [1.82, 2.24) is 0 Å². The number of esters is 1. The molecule has 1 rings (SSSR count). The molecule has 0 heterocycles. The number of methoxy groups -OCH3 is 1. The number of carboxylic acids is 1. The van der Waals surface area contributed by atoms with Gasteiger partial charge in [-0.1, -0.05) is 0 Å². The molecule has 0 aromatic heterocycles. The van der Waals surface area contributed by atoms with Crippen molar-refractivity contribution in [3.63, 3.8) is 0 Å². The number of hydrogen-bond donors (Lipinski definition) is 1. The maximum absolute atomic E-state index is 11.0. The highest BCUT2D eigenvalue weighted by Crippen LogP contribution is 2.47. The van der Waals surface area contributed by atoms with Gasteiger partial charge in [0.05, 0.1) is 12.9 Å². The summed E-state index contributed by atoms with van der Waals surface area (Å²) in [5.74, 6) is -0.901. The average Bonchev–Trinajstić information content (AvgIpc) is 2.96. The molecule has 80 valence electrons. The van der Waals surface area contributed by atoms with Gasteiger partial charge in [0.15, 0.2) is 0 Å². The molecule has 1 atom stereocenters. The van der Waals surface area contributed by atoms with E-state index in [4.69, 9.17) is 5.11 Å². The number of carbonyl (C=O) groups excluding carboxylic acids is 1. The van der Waals surface area contributed by atoms with Crippen LogP contribution in [0.25, 0.3) is 0 Å². The molecule has 1 unspecified atom stereocenters. The lowest BCUT2D eigenvalue weighted by Crippen LogP contribution is -2.35. The van der Waals surface area contributed by atoms with Gasteiger partial charge in [0.2, 0.25) is 0 Å². The van der Waals surface area contributed by atoms with Crippen molar-refractivity contribution >= 4 is 23.7 Å². The van der Waals surface area contributed by atoms with E-state index in [0.717, 1.165) is 24.6 Å². The van der Waals surface area contributed by atoms with Crippen molar-refractivity contribution in [2.45, 2.75) is 24.5 Å². The number of rotatable bonds is 5. The van der Waals surface area contributed by atoms with Crippen LogP contribution in [0.15, 0.2) is 0 Å². The summed E-state index contributed by atoms with van der Waals surface area (Å²) in [6.45, 7) is 1.68. The average molecular weight is 218 g/mol. The molecule has 1 saturated carbocycles. The molecule has 1 aliphatic carbocycles. The SMILES string of the molecule is COC(=O)CSC(C)(C(=O)O)C1CC1. The summed E-state index contributed by atoms with van der Waals surface area (Å²) >= 11 is 1.16. The topological polar surface area (TPSA) is 63.6 Å². The lowest BCUT2D eigenvalue weighted by Gasteiger charge is -2.23. The normalized spacial score (nSPS) is 19.9. The minimum atomic E-state index is -0.839. The molecule has 14 heavy (non-hydrogen) atoms. The highest BCUT2D eigenvalue weighted by Gasteiger charge is 2.48. The van der Waals surface area contributed by atoms with Crippen molar-refractivity contribution in [3.8, 4) is 0 Å². The summed E-state index contributed by atoms with van der Waals surface area (Å²) in [5.41, 5.74) is 0. The Hall–Kier alpha value is -0.710. The van der Waals surface area contributed by atoms with Gasteiger partial charge < -0.3 is 9.84 Å². The summed E-state index contributed by atoms with van der Waals surface area (Å²) in [6, 6.07) is 0. The van der Waals surface area contributed by atoms with E-state index < -0.39 is 10.7 Å².